The molecule has 5 nitrogen and oxygen atoms in total. The number of halogens is 1. The van der Waals surface area contributed by atoms with E-state index in [-0.39, 0.29) is 17.8 Å². The molecule has 2 aliphatic heterocycles. The summed E-state index contributed by atoms with van der Waals surface area (Å²) in [7, 11) is 0. The number of benzene rings is 1. The first-order valence-electron chi connectivity index (χ1n) is 7.70. The standard InChI is InChI=1S/C16H21FN2O3/c1-11-8-19(14-5-4-12(17)7-15(14)22-11)10-13(20)9-18-6-2-3-16(18)21/h4-5,7,11,13,20H,2-3,6,8-10H2,1H3. The third-order valence-electron chi connectivity index (χ3n) is 4.10. The third-order valence-corrected chi connectivity index (χ3v) is 4.10. The van der Waals surface area contributed by atoms with Crippen LogP contribution in [0.1, 0.15) is 19.8 Å². The number of carbonyl (C=O) groups is 1. The van der Waals surface area contributed by atoms with Crippen LogP contribution in [-0.4, -0.2) is 54.3 Å². The monoisotopic (exact) mass is 308 g/mol. The van der Waals surface area contributed by atoms with Gasteiger partial charge in [0.15, 0.2) is 0 Å². The molecule has 1 amide bonds. The molecule has 1 N–H and O–H groups in total. The lowest BCUT2D eigenvalue weighted by Gasteiger charge is -2.36. The van der Waals surface area contributed by atoms with E-state index in [9.17, 15) is 14.3 Å². The highest BCUT2D eigenvalue weighted by Crippen LogP contribution is 2.34. The van der Waals surface area contributed by atoms with Gasteiger partial charge in [-0.2, -0.15) is 0 Å². The molecule has 0 aliphatic carbocycles. The number of carbonyl (C=O) groups excluding carboxylic acids is 1. The minimum Gasteiger partial charge on any atom is -0.487 e. The first kappa shape index (κ1) is 15.1. The van der Waals surface area contributed by atoms with Gasteiger partial charge in [-0.25, -0.2) is 4.39 Å². The number of fused-ring (bicyclic) bond motifs is 1. The second-order valence-corrected chi connectivity index (χ2v) is 6.04. The minimum absolute atomic E-state index is 0.0741. The maximum Gasteiger partial charge on any atom is 0.222 e. The fraction of sp³-hybridized carbons (Fsp3) is 0.562. The molecular formula is C16H21FN2O3. The summed E-state index contributed by atoms with van der Waals surface area (Å²) in [6, 6.07) is 4.43. The molecule has 2 heterocycles. The van der Waals surface area contributed by atoms with Crippen molar-refractivity contribution >= 4 is 11.6 Å². The Bertz CT molecular complexity index is 566. The van der Waals surface area contributed by atoms with Crippen LogP contribution in [-0.2, 0) is 4.79 Å². The number of hydrogen-bond donors (Lipinski definition) is 1. The molecule has 1 aromatic rings. The SMILES string of the molecule is CC1CN(CC(O)CN2CCCC2=O)c2ccc(F)cc2O1. The predicted octanol–water partition coefficient (Wildman–Crippen LogP) is 1.40. The highest BCUT2D eigenvalue weighted by molar-refractivity contribution is 5.78. The zero-order chi connectivity index (χ0) is 15.7. The number of aliphatic hydroxyl groups excluding tert-OH is 1. The fourth-order valence-corrected chi connectivity index (χ4v) is 3.14. The van der Waals surface area contributed by atoms with Gasteiger partial charge in [0, 0.05) is 32.1 Å². The van der Waals surface area contributed by atoms with E-state index >= 15 is 0 Å². The van der Waals surface area contributed by atoms with E-state index < -0.39 is 6.10 Å². The lowest BCUT2D eigenvalue weighted by molar-refractivity contribution is -0.128. The van der Waals surface area contributed by atoms with Crippen LogP contribution in [0.2, 0.25) is 0 Å². The number of anilines is 1. The Morgan fingerprint density at radius 1 is 1.41 bits per heavy atom. The molecule has 2 unspecified atom stereocenters. The smallest absolute Gasteiger partial charge is 0.222 e. The van der Waals surface area contributed by atoms with Crippen LogP contribution in [0.25, 0.3) is 0 Å². The number of likely N-dealkylation sites (tertiary alicyclic amines) is 1. The average molecular weight is 308 g/mol. The van der Waals surface area contributed by atoms with Crippen LogP contribution in [0.15, 0.2) is 18.2 Å². The number of hydrogen-bond acceptors (Lipinski definition) is 4. The lowest BCUT2D eigenvalue weighted by atomic mass is 10.1. The van der Waals surface area contributed by atoms with Crippen molar-refractivity contribution < 1.29 is 19.0 Å². The van der Waals surface area contributed by atoms with Crippen molar-refractivity contribution in [3.63, 3.8) is 0 Å². The Morgan fingerprint density at radius 2 is 2.18 bits per heavy atom. The minimum atomic E-state index is -0.634. The van der Waals surface area contributed by atoms with Gasteiger partial charge < -0.3 is 19.6 Å². The van der Waals surface area contributed by atoms with Crippen molar-refractivity contribution in [2.24, 2.45) is 0 Å². The zero-order valence-electron chi connectivity index (χ0n) is 12.7. The van der Waals surface area contributed by atoms with Crippen molar-refractivity contribution in [3.05, 3.63) is 24.0 Å². The van der Waals surface area contributed by atoms with Gasteiger partial charge in [-0.3, -0.25) is 4.79 Å². The number of β-amino-alcohol motifs (C(OH)–C–C–N with tert-alkyl or cyclic N) is 1. The molecule has 1 aromatic carbocycles. The summed E-state index contributed by atoms with van der Waals surface area (Å²) in [4.78, 5) is 15.3. The van der Waals surface area contributed by atoms with E-state index in [0.29, 0.717) is 31.8 Å². The Morgan fingerprint density at radius 3 is 2.91 bits per heavy atom. The Labute approximate surface area is 129 Å². The Hall–Kier alpha value is -1.82. The normalized spacial score (nSPS) is 22.5. The van der Waals surface area contributed by atoms with Gasteiger partial charge in [0.2, 0.25) is 5.91 Å². The maximum absolute atomic E-state index is 13.3. The average Bonchev–Trinajstić information content (AvgIpc) is 2.83. The Kier molecular flexibility index (Phi) is 4.20. The van der Waals surface area contributed by atoms with Crippen molar-refractivity contribution in [1.82, 2.24) is 4.90 Å². The van der Waals surface area contributed by atoms with E-state index in [2.05, 4.69) is 0 Å². The topological polar surface area (TPSA) is 53.0 Å². The van der Waals surface area contributed by atoms with E-state index in [1.807, 2.05) is 11.8 Å². The quantitative estimate of drug-likeness (QED) is 0.913. The van der Waals surface area contributed by atoms with Crippen LogP contribution in [0.4, 0.5) is 10.1 Å². The zero-order valence-corrected chi connectivity index (χ0v) is 12.7. The van der Waals surface area contributed by atoms with Gasteiger partial charge >= 0.3 is 0 Å². The second kappa shape index (κ2) is 6.12. The highest BCUT2D eigenvalue weighted by atomic mass is 19.1. The highest BCUT2D eigenvalue weighted by Gasteiger charge is 2.27. The summed E-state index contributed by atoms with van der Waals surface area (Å²) in [5.74, 6) is 0.274. The summed E-state index contributed by atoms with van der Waals surface area (Å²) in [5.41, 5.74) is 0.784. The lowest BCUT2D eigenvalue weighted by Crippen LogP contribution is -2.45. The van der Waals surface area contributed by atoms with E-state index in [1.54, 1.807) is 11.0 Å². The molecule has 6 heteroatoms. The first-order chi connectivity index (χ1) is 10.5. The van der Waals surface area contributed by atoms with Crippen LogP contribution < -0.4 is 9.64 Å². The molecule has 1 saturated heterocycles. The van der Waals surface area contributed by atoms with E-state index in [4.69, 9.17) is 4.74 Å². The Balaban J connectivity index is 1.68. The molecule has 120 valence electrons. The molecule has 1 fully saturated rings. The molecule has 22 heavy (non-hydrogen) atoms. The van der Waals surface area contributed by atoms with Gasteiger partial charge in [0.1, 0.15) is 17.7 Å². The summed E-state index contributed by atoms with van der Waals surface area (Å²) in [6.07, 6.45) is 0.728. The van der Waals surface area contributed by atoms with Crippen LogP contribution >= 0.6 is 0 Å². The largest absolute Gasteiger partial charge is 0.487 e. The molecular weight excluding hydrogens is 287 g/mol. The number of nitrogens with zero attached hydrogens (tertiary/aromatic N) is 2. The van der Waals surface area contributed by atoms with Crippen molar-refractivity contribution in [3.8, 4) is 5.75 Å². The van der Waals surface area contributed by atoms with Crippen LogP contribution in [0.3, 0.4) is 0 Å². The van der Waals surface area contributed by atoms with Gasteiger partial charge in [0.05, 0.1) is 18.3 Å². The van der Waals surface area contributed by atoms with Crippen molar-refractivity contribution in [2.45, 2.75) is 32.0 Å². The summed E-state index contributed by atoms with van der Waals surface area (Å²) < 4.78 is 19.0. The summed E-state index contributed by atoms with van der Waals surface area (Å²) in [6.45, 7) is 4.01. The predicted molar refractivity (Wildman–Crippen MR) is 80.5 cm³/mol. The van der Waals surface area contributed by atoms with Gasteiger partial charge in [-0.05, 0) is 25.5 Å². The van der Waals surface area contributed by atoms with Crippen LogP contribution in [0, 0.1) is 5.82 Å². The van der Waals surface area contributed by atoms with Gasteiger partial charge in [0.25, 0.3) is 0 Å². The van der Waals surface area contributed by atoms with E-state index in [0.717, 1.165) is 18.7 Å². The molecule has 0 aromatic heterocycles. The number of rotatable bonds is 4. The maximum atomic E-state index is 13.3. The molecule has 3 rings (SSSR count). The van der Waals surface area contributed by atoms with E-state index in [1.165, 1.54) is 12.1 Å². The first-order valence-corrected chi connectivity index (χ1v) is 7.70. The molecule has 0 spiro atoms. The van der Waals surface area contributed by atoms with Crippen molar-refractivity contribution in [2.75, 3.05) is 31.1 Å². The molecule has 0 saturated carbocycles. The van der Waals surface area contributed by atoms with Crippen LogP contribution in [0.5, 0.6) is 5.75 Å². The molecule has 2 aliphatic rings. The molecule has 0 bridgehead atoms. The second-order valence-electron chi connectivity index (χ2n) is 6.04. The number of amides is 1. The summed E-state index contributed by atoms with van der Waals surface area (Å²) in [5, 5.41) is 10.3. The third kappa shape index (κ3) is 3.16. The number of ether oxygens (including phenoxy) is 1. The van der Waals surface area contributed by atoms with Gasteiger partial charge in [-0.15, -0.1) is 0 Å². The molecule has 0 radical (unpaired) electrons. The molecule has 2 atom stereocenters. The van der Waals surface area contributed by atoms with Gasteiger partial charge in [-0.1, -0.05) is 0 Å². The fourth-order valence-electron chi connectivity index (χ4n) is 3.14. The van der Waals surface area contributed by atoms with Crippen molar-refractivity contribution in [1.29, 1.82) is 0 Å². The number of aliphatic hydroxyl groups is 1. The summed E-state index contributed by atoms with van der Waals surface area (Å²) >= 11 is 0.